The normalized spacial score (nSPS) is 19.3. The molecule has 1 saturated heterocycles. The van der Waals surface area contributed by atoms with E-state index in [-0.39, 0.29) is 9.68 Å². The molecule has 1 saturated carbocycles. The molecule has 3 nitrogen and oxygen atoms in total. The van der Waals surface area contributed by atoms with Crippen molar-refractivity contribution < 1.29 is 18.3 Å². The molecule has 2 heterocycles. The Bertz CT molecular complexity index is 1310. The van der Waals surface area contributed by atoms with Crippen molar-refractivity contribution in [1.82, 2.24) is 0 Å². The highest BCUT2D eigenvalue weighted by Crippen LogP contribution is 2.63. The zero-order valence-corrected chi connectivity index (χ0v) is 21.7. The van der Waals surface area contributed by atoms with E-state index in [9.17, 15) is 13.6 Å². The van der Waals surface area contributed by atoms with Gasteiger partial charge in [-0.2, -0.15) is 0 Å². The molecular weight excluding hydrogens is 496 g/mol. The molecule has 0 bridgehead atoms. The fraction of sp³-hybridized carbons (Fsp3) is 0.345. The molecule has 36 heavy (non-hydrogen) atoms. The summed E-state index contributed by atoms with van der Waals surface area (Å²) >= 11 is 4.18. The van der Waals surface area contributed by atoms with Crippen LogP contribution in [0.4, 0.5) is 14.5 Å². The van der Waals surface area contributed by atoms with Crippen LogP contribution in [0.3, 0.4) is 0 Å². The van der Waals surface area contributed by atoms with Crippen LogP contribution in [-0.4, -0.2) is 23.0 Å². The van der Waals surface area contributed by atoms with Gasteiger partial charge in [-0.05, 0) is 97.2 Å². The van der Waals surface area contributed by atoms with Gasteiger partial charge in [0.1, 0.15) is 28.5 Å². The summed E-state index contributed by atoms with van der Waals surface area (Å²) in [5, 5.41) is 2.60. The lowest BCUT2D eigenvalue weighted by atomic mass is 9.74. The number of rotatable bonds is 3. The van der Waals surface area contributed by atoms with E-state index in [2.05, 4.69) is 47.9 Å². The van der Waals surface area contributed by atoms with Crippen LogP contribution in [0.5, 0.6) is 5.75 Å². The van der Waals surface area contributed by atoms with Crippen LogP contribution in [0.25, 0.3) is 11.1 Å². The Kier molecular flexibility index (Phi) is 6.03. The van der Waals surface area contributed by atoms with Crippen molar-refractivity contribution in [2.75, 3.05) is 16.8 Å². The Morgan fingerprint density at radius 3 is 2.31 bits per heavy atom. The average Bonchev–Trinajstić information content (AvgIpc) is 2.84. The molecule has 0 radical (unpaired) electrons. The molecule has 3 aromatic carbocycles. The molecule has 0 unspecified atom stereocenters. The third kappa shape index (κ3) is 4.10. The highest BCUT2D eigenvalue weighted by Gasteiger charge is 2.53. The number of amides is 1. The molecule has 7 heteroatoms. The molecule has 1 aliphatic carbocycles. The number of halogens is 2. The largest absolute Gasteiger partial charge is 0.487 e. The maximum Gasteiger partial charge on any atom is 0.261 e. The van der Waals surface area contributed by atoms with Gasteiger partial charge in [-0.25, -0.2) is 8.78 Å². The van der Waals surface area contributed by atoms with Gasteiger partial charge < -0.3 is 10.1 Å². The second-order valence-electron chi connectivity index (χ2n) is 9.91. The van der Waals surface area contributed by atoms with Gasteiger partial charge in [-0.1, -0.05) is 18.2 Å². The molecular formula is C29H27F2NO2S2. The van der Waals surface area contributed by atoms with Crippen molar-refractivity contribution in [2.45, 2.75) is 48.7 Å². The van der Waals surface area contributed by atoms with Crippen LogP contribution in [-0.2, 0) is 4.08 Å². The number of carbonyl (C=O) groups excluding carboxylic acids is 1. The topological polar surface area (TPSA) is 38.3 Å². The van der Waals surface area contributed by atoms with Crippen LogP contribution < -0.4 is 10.1 Å². The summed E-state index contributed by atoms with van der Waals surface area (Å²) < 4.78 is 34.7. The minimum Gasteiger partial charge on any atom is -0.487 e. The molecule has 2 spiro atoms. The van der Waals surface area contributed by atoms with Gasteiger partial charge in [0.05, 0.1) is 4.08 Å². The number of ether oxygens (including phenoxy) is 1. The van der Waals surface area contributed by atoms with Gasteiger partial charge in [0.2, 0.25) is 0 Å². The molecule has 0 aromatic heterocycles. The van der Waals surface area contributed by atoms with E-state index in [1.165, 1.54) is 41.5 Å². The maximum absolute atomic E-state index is 14.0. The second kappa shape index (κ2) is 9.10. The first kappa shape index (κ1) is 23.9. The number of aryl methyl sites for hydroxylation is 1. The van der Waals surface area contributed by atoms with E-state index < -0.39 is 23.1 Å². The average molecular weight is 524 g/mol. The molecule has 6 rings (SSSR count). The Balaban J connectivity index is 1.30. The van der Waals surface area contributed by atoms with E-state index in [0.29, 0.717) is 5.69 Å². The van der Waals surface area contributed by atoms with Crippen molar-refractivity contribution in [3.05, 3.63) is 82.9 Å². The Hall–Kier alpha value is -2.51. The number of hydrogen-bond donors (Lipinski definition) is 1. The predicted octanol–water partition coefficient (Wildman–Crippen LogP) is 7.92. The third-order valence-electron chi connectivity index (χ3n) is 7.49. The van der Waals surface area contributed by atoms with Crippen molar-refractivity contribution in [2.24, 2.45) is 0 Å². The van der Waals surface area contributed by atoms with Crippen molar-refractivity contribution >= 4 is 35.1 Å². The van der Waals surface area contributed by atoms with Crippen LogP contribution in [0.1, 0.15) is 53.6 Å². The zero-order valence-electron chi connectivity index (χ0n) is 20.0. The number of fused-ring (bicyclic) bond motifs is 2. The standard InChI is InChI=1S/C29H27F2NO2S2/c1-18-15-22-25(34-28(11-3-12-28)17-29(22)35-13-4-14-36-29)16-21(18)19-7-9-20(10-8-19)32-27(33)26-23(30)5-2-6-24(26)31/h2,5-10,15-16H,3-4,11-14,17H2,1H3,(H,32,33). The lowest BCUT2D eigenvalue weighted by Crippen LogP contribution is -2.51. The monoisotopic (exact) mass is 523 g/mol. The molecule has 3 aromatic rings. The molecule has 0 atom stereocenters. The molecule has 186 valence electrons. The van der Waals surface area contributed by atoms with Gasteiger partial charge in [0.25, 0.3) is 5.91 Å². The Labute approximate surface area is 218 Å². The summed E-state index contributed by atoms with van der Waals surface area (Å²) in [6.07, 6.45) is 5.80. The minimum absolute atomic E-state index is 0.0347. The molecule has 1 amide bonds. The van der Waals surface area contributed by atoms with E-state index in [0.717, 1.165) is 48.3 Å². The highest BCUT2D eigenvalue weighted by molar-refractivity contribution is 8.18. The third-order valence-corrected chi connectivity index (χ3v) is 10.8. The van der Waals surface area contributed by atoms with E-state index in [1.54, 1.807) is 12.1 Å². The van der Waals surface area contributed by atoms with Crippen LogP contribution in [0.15, 0.2) is 54.6 Å². The van der Waals surface area contributed by atoms with Crippen molar-refractivity contribution in [1.29, 1.82) is 0 Å². The van der Waals surface area contributed by atoms with E-state index in [1.807, 2.05) is 12.1 Å². The van der Waals surface area contributed by atoms with Crippen LogP contribution in [0, 0.1) is 18.6 Å². The maximum atomic E-state index is 14.0. The van der Waals surface area contributed by atoms with Crippen molar-refractivity contribution in [3.8, 4) is 16.9 Å². The first-order chi connectivity index (χ1) is 17.4. The highest BCUT2D eigenvalue weighted by atomic mass is 32.2. The predicted molar refractivity (Wildman–Crippen MR) is 144 cm³/mol. The quantitative estimate of drug-likeness (QED) is 0.378. The van der Waals surface area contributed by atoms with Crippen molar-refractivity contribution in [3.63, 3.8) is 0 Å². The lowest BCUT2D eigenvalue weighted by molar-refractivity contribution is -0.0290. The van der Waals surface area contributed by atoms with Gasteiger partial charge in [0, 0.05) is 17.7 Å². The summed E-state index contributed by atoms with van der Waals surface area (Å²) in [6.45, 7) is 2.13. The molecule has 2 fully saturated rings. The van der Waals surface area contributed by atoms with E-state index >= 15 is 0 Å². The Morgan fingerprint density at radius 2 is 1.67 bits per heavy atom. The number of hydrogen-bond acceptors (Lipinski definition) is 4. The smallest absolute Gasteiger partial charge is 0.261 e. The number of benzene rings is 3. The number of thioether (sulfide) groups is 2. The zero-order chi connectivity index (χ0) is 24.9. The fourth-order valence-electron chi connectivity index (χ4n) is 5.49. The second-order valence-corrected chi connectivity index (χ2v) is 13.0. The van der Waals surface area contributed by atoms with Gasteiger partial charge >= 0.3 is 0 Å². The first-order valence-corrected chi connectivity index (χ1v) is 14.3. The minimum atomic E-state index is -0.884. The Morgan fingerprint density at radius 1 is 0.972 bits per heavy atom. The van der Waals surface area contributed by atoms with Crippen LogP contribution in [0.2, 0.25) is 0 Å². The van der Waals surface area contributed by atoms with E-state index in [4.69, 9.17) is 4.74 Å². The summed E-state index contributed by atoms with van der Waals surface area (Å²) in [5.74, 6) is 0.793. The van der Waals surface area contributed by atoms with Gasteiger partial charge in [-0.3, -0.25) is 4.79 Å². The summed E-state index contributed by atoms with van der Waals surface area (Å²) in [7, 11) is 0. The van der Waals surface area contributed by atoms with Crippen LogP contribution >= 0.6 is 23.5 Å². The summed E-state index contributed by atoms with van der Waals surface area (Å²) in [4.78, 5) is 12.5. The molecule has 2 aliphatic heterocycles. The first-order valence-electron chi connectivity index (χ1n) is 12.4. The lowest BCUT2D eigenvalue weighted by Gasteiger charge is -2.53. The van der Waals surface area contributed by atoms with Gasteiger partial charge in [-0.15, -0.1) is 23.5 Å². The fourth-order valence-corrected chi connectivity index (χ4v) is 9.11. The number of nitrogens with one attached hydrogen (secondary N) is 1. The summed E-state index contributed by atoms with van der Waals surface area (Å²) in [5.41, 5.74) is 4.43. The number of anilines is 1. The van der Waals surface area contributed by atoms with Gasteiger partial charge in [0.15, 0.2) is 0 Å². The molecule has 1 N–H and O–H groups in total. The summed E-state index contributed by atoms with van der Waals surface area (Å²) in [6, 6.07) is 15.2. The number of carbonyl (C=O) groups is 1. The SMILES string of the molecule is Cc1cc2c(cc1-c1ccc(NC(=O)c3c(F)cccc3F)cc1)OC1(CCC1)CC21SCCCS1. The molecule has 3 aliphatic rings.